The Labute approximate surface area is 219 Å². The fourth-order valence-electron chi connectivity index (χ4n) is 5.41. The minimum Gasteiger partial charge on any atom is -0.358 e. The number of benzene rings is 2. The monoisotopic (exact) mass is 504 g/mol. The molecule has 0 unspecified atom stereocenters. The highest BCUT2D eigenvalue weighted by molar-refractivity contribution is 5.95. The Balaban J connectivity index is 1.04. The van der Waals surface area contributed by atoms with Gasteiger partial charge < -0.3 is 9.88 Å². The molecule has 1 saturated heterocycles. The number of H-pyrrole nitrogens is 1. The van der Waals surface area contributed by atoms with Gasteiger partial charge in [-0.05, 0) is 67.5 Å². The van der Waals surface area contributed by atoms with Gasteiger partial charge in [-0.3, -0.25) is 14.9 Å². The lowest BCUT2D eigenvalue weighted by Gasteiger charge is -2.31. The molecule has 0 spiro atoms. The minimum absolute atomic E-state index is 0.0179. The Bertz CT molecular complexity index is 1620. The third-order valence-corrected chi connectivity index (χ3v) is 7.74. The van der Waals surface area contributed by atoms with Crippen molar-refractivity contribution in [1.29, 1.82) is 0 Å². The quantitative estimate of drug-likeness (QED) is 0.342. The molecule has 2 fully saturated rings. The van der Waals surface area contributed by atoms with E-state index in [4.69, 9.17) is 0 Å². The highest BCUT2D eigenvalue weighted by atomic mass is 16.2. The summed E-state index contributed by atoms with van der Waals surface area (Å²) in [5, 5.41) is 8.57. The predicted octanol–water partition coefficient (Wildman–Crippen LogP) is 5.25. The summed E-state index contributed by atoms with van der Waals surface area (Å²) in [6.45, 7) is 1.49. The Kier molecular flexibility index (Phi) is 5.46. The molecule has 190 valence electrons. The Hall–Kier alpha value is -4.46. The summed E-state index contributed by atoms with van der Waals surface area (Å²) in [5.41, 5.74) is 5.55. The lowest BCUT2D eigenvalue weighted by molar-refractivity contribution is -0.117. The van der Waals surface area contributed by atoms with Crippen molar-refractivity contribution in [3.63, 3.8) is 0 Å². The average Bonchev–Trinajstić information content (AvgIpc) is 3.59. The van der Waals surface area contributed by atoms with Crippen molar-refractivity contribution in [2.75, 3.05) is 18.4 Å². The molecular formula is C30H28N6O2. The van der Waals surface area contributed by atoms with Crippen LogP contribution in [-0.4, -0.2) is 49.4 Å². The second kappa shape index (κ2) is 9.13. The van der Waals surface area contributed by atoms with E-state index >= 15 is 0 Å². The number of anilines is 1. The second-order valence-corrected chi connectivity index (χ2v) is 10.3. The molecule has 1 aliphatic heterocycles. The zero-order valence-electron chi connectivity index (χ0n) is 20.9. The van der Waals surface area contributed by atoms with Gasteiger partial charge in [0.05, 0.1) is 5.69 Å². The molecule has 2 aromatic carbocycles. The number of hydrogen-bond donors (Lipinski definition) is 2. The number of fused-ring (bicyclic) bond motifs is 2. The standard InChI is InChI=1S/C30H28N6O2/c37-28(21-10-11-21)33-30-32-27-7-3-6-26(36(27)34-30)20-8-12-22(13-9-20)29(38)35-16-14-19(15-17-35)25-18-23-4-1-2-5-24(23)31-25/h1-9,12-13,18-19,21,31H,10-11,14-17H2,(H,33,34,37). The maximum atomic E-state index is 13.3. The van der Waals surface area contributed by atoms with Gasteiger partial charge in [-0.2, -0.15) is 4.98 Å². The number of piperidine rings is 1. The molecule has 1 aliphatic carbocycles. The van der Waals surface area contributed by atoms with Crippen LogP contribution in [0.5, 0.6) is 0 Å². The Morgan fingerprint density at radius 3 is 2.45 bits per heavy atom. The summed E-state index contributed by atoms with van der Waals surface area (Å²) in [5.74, 6) is 0.893. The first kappa shape index (κ1) is 22.7. The lowest BCUT2D eigenvalue weighted by atomic mass is 9.93. The van der Waals surface area contributed by atoms with Crippen LogP contribution in [-0.2, 0) is 4.79 Å². The molecule has 0 radical (unpaired) electrons. The van der Waals surface area contributed by atoms with Crippen LogP contribution in [0.3, 0.4) is 0 Å². The third kappa shape index (κ3) is 4.22. The van der Waals surface area contributed by atoms with E-state index in [-0.39, 0.29) is 17.7 Å². The van der Waals surface area contributed by atoms with Crippen LogP contribution < -0.4 is 5.32 Å². The number of aromatic nitrogens is 4. The number of aromatic amines is 1. The number of nitrogens with zero attached hydrogens (tertiary/aromatic N) is 4. The van der Waals surface area contributed by atoms with E-state index in [2.05, 4.69) is 44.6 Å². The van der Waals surface area contributed by atoms with Crippen molar-refractivity contribution in [3.8, 4) is 11.3 Å². The Morgan fingerprint density at radius 1 is 0.895 bits per heavy atom. The van der Waals surface area contributed by atoms with Gasteiger partial charge in [0, 0.05) is 47.3 Å². The molecule has 2 amide bonds. The summed E-state index contributed by atoms with van der Waals surface area (Å²) in [4.78, 5) is 35.4. The molecule has 8 nitrogen and oxygen atoms in total. The van der Waals surface area contributed by atoms with Crippen molar-refractivity contribution in [2.24, 2.45) is 5.92 Å². The van der Waals surface area contributed by atoms with Crippen molar-refractivity contribution >= 4 is 34.3 Å². The zero-order chi connectivity index (χ0) is 25.6. The summed E-state index contributed by atoms with van der Waals surface area (Å²) in [6.07, 6.45) is 3.75. The van der Waals surface area contributed by atoms with Gasteiger partial charge in [-0.25, -0.2) is 4.52 Å². The number of pyridine rings is 1. The SMILES string of the molecule is O=C(Nc1nc2cccc(-c3ccc(C(=O)N4CCC(c5cc6ccccc6[nH]5)CC4)cc3)n2n1)C1CC1. The number of carbonyl (C=O) groups excluding carboxylic acids is 2. The van der Waals surface area contributed by atoms with Gasteiger partial charge >= 0.3 is 0 Å². The summed E-state index contributed by atoms with van der Waals surface area (Å²) < 4.78 is 1.73. The molecular weight excluding hydrogens is 476 g/mol. The lowest BCUT2D eigenvalue weighted by Crippen LogP contribution is -2.37. The normalized spacial score (nSPS) is 16.3. The van der Waals surface area contributed by atoms with Gasteiger partial charge in [-0.1, -0.05) is 36.4 Å². The summed E-state index contributed by atoms with van der Waals surface area (Å²) in [7, 11) is 0. The van der Waals surface area contributed by atoms with E-state index in [9.17, 15) is 9.59 Å². The third-order valence-electron chi connectivity index (χ3n) is 7.74. The fourth-order valence-corrected chi connectivity index (χ4v) is 5.41. The number of likely N-dealkylation sites (tertiary alicyclic amines) is 1. The van der Waals surface area contributed by atoms with Crippen molar-refractivity contribution in [2.45, 2.75) is 31.6 Å². The summed E-state index contributed by atoms with van der Waals surface area (Å²) >= 11 is 0. The minimum atomic E-state index is -0.0179. The van der Waals surface area contributed by atoms with Gasteiger partial charge in [0.1, 0.15) is 0 Å². The van der Waals surface area contributed by atoms with E-state index in [1.54, 1.807) is 4.52 Å². The number of rotatable bonds is 5. The van der Waals surface area contributed by atoms with Crippen LogP contribution >= 0.6 is 0 Å². The zero-order valence-corrected chi connectivity index (χ0v) is 20.9. The molecule has 1 saturated carbocycles. The van der Waals surface area contributed by atoms with Gasteiger partial charge in [0.25, 0.3) is 5.91 Å². The van der Waals surface area contributed by atoms with E-state index in [0.29, 0.717) is 23.1 Å². The van der Waals surface area contributed by atoms with Crippen LogP contribution in [0.2, 0.25) is 0 Å². The molecule has 7 rings (SSSR count). The smallest absolute Gasteiger partial charge is 0.253 e. The van der Waals surface area contributed by atoms with E-state index in [1.807, 2.05) is 53.4 Å². The van der Waals surface area contributed by atoms with Crippen LogP contribution in [0.15, 0.2) is 72.8 Å². The molecule has 8 heteroatoms. The number of carbonyl (C=O) groups is 2. The van der Waals surface area contributed by atoms with Gasteiger partial charge in [0.2, 0.25) is 11.9 Å². The molecule has 2 aliphatic rings. The van der Waals surface area contributed by atoms with Crippen LogP contribution in [0.4, 0.5) is 5.95 Å². The van der Waals surface area contributed by atoms with Crippen molar-refractivity contribution in [3.05, 3.63) is 84.1 Å². The van der Waals surface area contributed by atoms with E-state index in [0.717, 1.165) is 50.0 Å². The largest absolute Gasteiger partial charge is 0.358 e. The van der Waals surface area contributed by atoms with Gasteiger partial charge in [-0.15, -0.1) is 5.10 Å². The molecule has 0 atom stereocenters. The fraction of sp³-hybridized carbons (Fsp3) is 0.267. The number of amides is 2. The highest BCUT2D eigenvalue weighted by Gasteiger charge is 2.30. The molecule has 2 N–H and O–H groups in total. The van der Waals surface area contributed by atoms with Gasteiger partial charge in [0.15, 0.2) is 5.65 Å². The Morgan fingerprint density at radius 2 is 1.68 bits per heavy atom. The molecule has 0 bridgehead atoms. The molecule has 4 heterocycles. The molecule has 3 aromatic heterocycles. The van der Waals surface area contributed by atoms with Crippen LogP contribution in [0.1, 0.15) is 47.7 Å². The first-order chi connectivity index (χ1) is 18.6. The van der Waals surface area contributed by atoms with E-state index in [1.165, 1.54) is 16.6 Å². The maximum absolute atomic E-state index is 13.3. The summed E-state index contributed by atoms with van der Waals surface area (Å²) in [6, 6.07) is 24.0. The average molecular weight is 505 g/mol. The topological polar surface area (TPSA) is 95.4 Å². The first-order valence-electron chi connectivity index (χ1n) is 13.3. The second-order valence-electron chi connectivity index (χ2n) is 10.3. The molecule has 38 heavy (non-hydrogen) atoms. The highest BCUT2D eigenvalue weighted by Crippen LogP contribution is 2.31. The number of para-hydroxylation sites is 1. The maximum Gasteiger partial charge on any atom is 0.253 e. The first-order valence-corrected chi connectivity index (χ1v) is 13.3. The number of hydrogen-bond acceptors (Lipinski definition) is 4. The molecule has 5 aromatic rings. The van der Waals surface area contributed by atoms with Crippen LogP contribution in [0, 0.1) is 5.92 Å². The van der Waals surface area contributed by atoms with E-state index < -0.39 is 0 Å². The van der Waals surface area contributed by atoms with Crippen LogP contribution in [0.25, 0.3) is 27.8 Å². The predicted molar refractivity (Wildman–Crippen MR) is 146 cm³/mol. The van der Waals surface area contributed by atoms with Crippen molar-refractivity contribution < 1.29 is 9.59 Å². The number of nitrogens with one attached hydrogen (secondary N) is 2. The van der Waals surface area contributed by atoms with Crippen molar-refractivity contribution in [1.82, 2.24) is 24.5 Å².